The Morgan fingerprint density at radius 2 is 2.62 bits per heavy atom. The van der Waals surface area contributed by atoms with Gasteiger partial charge in [0.1, 0.15) is 5.94 Å². The van der Waals surface area contributed by atoms with Crippen LogP contribution in [0, 0.1) is 5.92 Å². The predicted molar refractivity (Wildman–Crippen MR) is 32.2 cm³/mol. The predicted octanol–water partition coefficient (Wildman–Crippen LogP) is 1.56. The van der Waals surface area contributed by atoms with Gasteiger partial charge in [0.05, 0.1) is 0 Å². The van der Waals surface area contributed by atoms with Crippen LogP contribution in [0.15, 0.2) is 5.57 Å². The Bertz CT molecular complexity index is 129. The molecule has 1 saturated carbocycles. The topological polar surface area (TPSA) is 17.1 Å². The van der Waals surface area contributed by atoms with Gasteiger partial charge in [-0.2, -0.15) is 0 Å². The second-order valence-corrected chi connectivity index (χ2v) is 2.27. The summed E-state index contributed by atoms with van der Waals surface area (Å²) in [5, 5.41) is 0. The van der Waals surface area contributed by atoms with Crippen molar-refractivity contribution < 1.29 is 4.79 Å². The van der Waals surface area contributed by atoms with Gasteiger partial charge in [-0.3, -0.25) is 0 Å². The summed E-state index contributed by atoms with van der Waals surface area (Å²) in [4.78, 5) is 9.99. The molecule has 0 bridgehead atoms. The van der Waals surface area contributed by atoms with Crippen LogP contribution in [0.25, 0.3) is 0 Å². The second-order valence-electron chi connectivity index (χ2n) is 2.27. The van der Waals surface area contributed by atoms with Crippen molar-refractivity contribution in [2.75, 3.05) is 0 Å². The van der Waals surface area contributed by atoms with Crippen molar-refractivity contribution >= 4 is 5.94 Å². The number of carbonyl (C=O) groups excluding carboxylic acids is 1. The Morgan fingerprint density at radius 3 is 2.75 bits per heavy atom. The average molecular weight is 110 g/mol. The molecular weight excluding hydrogens is 100 g/mol. The first-order valence-corrected chi connectivity index (χ1v) is 3.12. The highest BCUT2D eigenvalue weighted by Crippen LogP contribution is 2.33. The maximum absolute atomic E-state index is 9.99. The standard InChI is InChI=1S/C7H10O/c1-2-6-3-4-7(6)5-8/h6H,2-4H2,1H3. The number of allylic oxidation sites excluding steroid dienone is 1. The lowest BCUT2D eigenvalue weighted by Crippen LogP contribution is -2.14. The molecule has 0 spiro atoms. The van der Waals surface area contributed by atoms with E-state index in [1.54, 1.807) is 0 Å². The van der Waals surface area contributed by atoms with E-state index >= 15 is 0 Å². The molecule has 0 aliphatic heterocycles. The molecule has 44 valence electrons. The monoisotopic (exact) mass is 110 g/mol. The highest BCUT2D eigenvalue weighted by molar-refractivity contribution is 5.55. The van der Waals surface area contributed by atoms with E-state index in [2.05, 4.69) is 6.92 Å². The molecule has 0 amide bonds. The van der Waals surface area contributed by atoms with Crippen LogP contribution in [0.2, 0.25) is 0 Å². The van der Waals surface area contributed by atoms with Gasteiger partial charge < -0.3 is 0 Å². The lowest BCUT2D eigenvalue weighted by molar-refractivity contribution is 0.430. The molecule has 1 aliphatic carbocycles. The van der Waals surface area contributed by atoms with Crippen molar-refractivity contribution in [3.05, 3.63) is 5.57 Å². The summed E-state index contributed by atoms with van der Waals surface area (Å²) in [6, 6.07) is 0. The zero-order valence-corrected chi connectivity index (χ0v) is 5.11. The summed E-state index contributed by atoms with van der Waals surface area (Å²) in [5.41, 5.74) is 1.01. The van der Waals surface area contributed by atoms with E-state index in [4.69, 9.17) is 0 Å². The number of rotatable bonds is 1. The SMILES string of the molecule is CCC1CCC1=C=O. The van der Waals surface area contributed by atoms with Gasteiger partial charge in [0.15, 0.2) is 0 Å². The molecule has 0 aromatic carbocycles. The fraction of sp³-hybridized carbons (Fsp3) is 0.714. The van der Waals surface area contributed by atoms with E-state index in [0.717, 1.165) is 18.4 Å². The van der Waals surface area contributed by atoms with Gasteiger partial charge >= 0.3 is 0 Å². The van der Waals surface area contributed by atoms with Crippen LogP contribution >= 0.6 is 0 Å². The fourth-order valence-electron chi connectivity index (χ4n) is 1.08. The molecule has 1 fully saturated rings. The van der Waals surface area contributed by atoms with Gasteiger partial charge in [-0.25, -0.2) is 4.79 Å². The number of hydrogen-bond donors (Lipinski definition) is 0. The summed E-state index contributed by atoms with van der Waals surface area (Å²) >= 11 is 0. The molecule has 1 rings (SSSR count). The van der Waals surface area contributed by atoms with Crippen molar-refractivity contribution in [1.29, 1.82) is 0 Å². The summed E-state index contributed by atoms with van der Waals surface area (Å²) in [5.74, 6) is 2.56. The van der Waals surface area contributed by atoms with Crippen LogP contribution in [-0.2, 0) is 4.79 Å². The molecule has 8 heavy (non-hydrogen) atoms. The first kappa shape index (κ1) is 5.58. The quantitative estimate of drug-likeness (QED) is 0.468. The maximum atomic E-state index is 9.99. The highest BCUT2D eigenvalue weighted by atomic mass is 16.1. The first-order valence-electron chi connectivity index (χ1n) is 3.12. The Morgan fingerprint density at radius 1 is 1.88 bits per heavy atom. The van der Waals surface area contributed by atoms with E-state index in [0.29, 0.717) is 5.92 Å². The van der Waals surface area contributed by atoms with E-state index in [1.807, 2.05) is 5.94 Å². The van der Waals surface area contributed by atoms with Gasteiger partial charge in [-0.05, 0) is 25.2 Å². The van der Waals surface area contributed by atoms with Gasteiger partial charge in [-0.1, -0.05) is 6.92 Å². The third-order valence-electron chi connectivity index (χ3n) is 1.88. The molecule has 0 aromatic rings. The van der Waals surface area contributed by atoms with Gasteiger partial charge in [0.25, 0.3) is 0 Å². The van der Waals surface area contributed by atoms with Crippen molar-refractivity contribution in [3.8, 4) is 0 Å². The van der Waals surface area contributed by atoms with Crippen LogP contribution in [0.3, 0.4) is 0 Å². The summed E-state index contributed by atoms with van der Waals surface area (Å²) in [6.45, 7) is 2.11. The van der Waals surface area contributed by atoms with Crippen molar-refractivity contribution in [1.82, 2.24) is 0 Å². The molecule has 0 radical (unpaired) electrons. The normalized spacial score (nSPS) is 26.6. The van der Waals surface area contributed by atoms with E-state index < -0.39 is 0 Å². The zero-order valence-electron chi connectivity index (χ0n) is 5.11. The number of hydrogen-bond acceptors (Lipinski definition) is 1. The molecule has 0 aromatic heterocycles. The molecular formula is C7H10O. The molecule has 1 aliphatic rings. The third kappa shape index (κ3) is 0.696. The zero-order chi connectivity index (χ0) is 5.98. The van der Waals surface area contributed by atoms with E-state index in [1.165, 1.54) is 6.42 Å². The van der Waals surface area contributed by atoms with Crippen molar-refractivity contribution in [3.63, 3.8) is 0 Å². The Hall–Kier alpha value is -0.550. The average Bonchev–Trinajstić information content (AvgIpc) is 1.66. The lowest BCUT2D eigenvalue weighted by Gasteiger charge is -2.24. The van der Waals surface area contributed by atoms with Crippen LogP contribution in [-0.4, -0.2) is 5.94 Å². The molecule has 1 heteroatoms. The van der Waals surface area contributed by atoms with Crippen molar-refractivity contribution in [2.45, 2.75) is 26.2 Å². The van der Waals surface area contributed by atoms with Crippen molar-refractivity contribution in [2.24, 2.45) is 5.92 Å². The van der Waals surface area contributed by atoms with E-state index in [-0.39, 0.29) is 0 Å². The lowest BCUT2D eigenvalue weighted by atomic mass is 9.79. The van der Waals surface area contributed by atoms with Crippen LogP contribution in [0.5, 0.6) is 0 Å². The third-order valence-corrected chi connectivity index (χ3v) is 1.88. The first-order chi connectivity index (χ1) is 3.88. The van der Waals surface area contributed by atoms with Gasteiger partial charge in [-0.15, -0.1) is 0 Å². The van der Waals surface area contributed by atoms with Crippen LogP contribution < -0.4 is 0 Å². The Balaban J connectivity index is 2.50. The van der Waals surface area contributed by atoms with Crippen LogP contribution in [0.1, 0.15) is 26.2 Å². The summed E-state index contributed by atoms with van der Waals surface area (Å²) < 4.78 is 0. The summed E-state index contributed by atoms with van der Waals surface area (Å²) in [6.07, 6.45) is 3.33. The fourth-order valence-corrected chi connectivity index (χ4v) is 1.08. The highest BCUT2D eigenvalue weighted by Gasteiger charge is 2.22. The minimum absolute atomic E-state index is 0.590. The largest absolute Gasteiger partial charge is 0.234 e. The molecule has 1 atom stereocenters. The molecule has 1 unspecified atom stereocenters. The molecule has 0 N–H and O–H groups in total. The van der Waals surface area contributed by atoms with Gasteiger partial charge in [0, 0.05) is 5.57 Å². The molecule has 0 heterocycles. The minimum Gasteiger partial charge on any atom is -0.234 e. The summed E-state index contributed by atoms with van der Waals surface area (Å²) in [7, 11) is 0. The molecule has 0 saturated heterocycles. The second kappa shape index (κ2) is 2.15. The maximum Gasteiger partial charge on any atom is 0.123 e. The minimum atomic E-state index is 0.590. The Kier molecular flexibility index (Phi) is 1.50. The van der Waals surface area contributed by atoms with E-state index in [9.17, 15) is 4.79 Å². The Labute approximate surface area is 49.4 Å². The van der Waals surface area contributed by atoms with Gasteiger partial charge in [0.2, 0.25) is 0 Å². The molecule has 1 nitrogen and oxygen atoms in total. The van der Waals surface area contributed by atoms with Crippen LogP contribution in [0.4, 0.5) is 0 Å². The smallest absolute Gasteiger partial charge is 0.123 e.